The van der Waals surface area contributed by atoms with Crippen LogP contribution in [-0.2, 0) is 9.53 Å². The molecule has 1 aromatic carbocycles. The number of rotatable bonds is 4. The summed E-state index contributed by atoms with van der Waals surface area (Å²) in [5.41, 5.74) is -0.204. The SMILES string of the molecule is CCOC(=O)[C@H]1CC=C(C(=O)c2ccccc2)[C@@H]1C(F)(F)F. The van der Waals surface area contributed by atoms with Crippen molar-refractivity contribution in [1.29, 1.82) is 0 Å². The smallest absolute Gasteiger partial charge is 0.396 e. The van der Waals surface area contributed by atoms with Gasteiger partial charge in [-0.1, -0.05) is 36.4 Å². The van der Waals surface area contributed by atoms with Crippen LogP contribution in [0.15, 0.2) is 42.0 Å². The molecule has 3 nitrogen and oxygen atoms in total. The van der Waals surface area contributed by atoms with Crippen molar-refractivity contribution in [3.8, 4) is 0 Å². The molecule has 0 fully saturated rings. The minimum atomic E-state index is -4.68. The van der Waals surface area contributed by atoms with Gasteiger partial charge in [0, 0.05) is 11.1 Å². The lowest BCUT2D eigenvalue weighted by atomic mass is 9.87. The Labute approximate surface area is 125 Å². The van der Waals surface area contributed by atoms with Gasteiger partial charge in [-0.3, -0.25) is 9.59 Å². The zero-order chi connectivity index (χ0) is 16.3. The van der Waals surface area contributed by atoms with Crippen LogP contribution in [0.4, 0.5) is 13.2 Å². The zero-order valence-electron chi connectivity index (χ0n) is 11.9. The maximum atomic E-state index is 13.3. The number of halogens is 3. The zero-order valence-corrected chi connectivity index (χ0v) is 11.9. The standard InChI is InChI=1S/C16H15F3O3/c1-2-22-15(21)12-9-8-11(13(12)16(17,18)19)14(20)10-6-4-3-5-7-10/h3-8,12-13H,2,9H2,1H3/t12-,13-/m0/s1. The summed E-state index contributed by atoms with van der Waals surface area (Å²) in [5, 5.41) is 0. The molecule has 0 saturated heterocycles. The van der Waals surface area contributed by atoms with Gasteiger partial charge in [-0.05, 0) is 13.3 Å². The Hall–Kier alpha value is -2.11. The summed E-state index contributed by atoms with van der Waals surface area (Å²) in [4.78, 5) is 24.0. The number of ketones is 1. The molecule has 1 aromatic rings. The molecule has 1 aliphatic carbocycles. The molecule has 6 heteroatoms. The van der Waals surface area contributed by atoms with E-state index in [4.69, 9.17) is 4.74 Å². The Kier molecular flexibility index (Phi) is 4.68. The van der Waals surface area contributed by atoms with E-state index in [2.05, 4.69) is 0 Å². The third-order valence-corrected chi connectivity index (χ3v) is 3.57. The number of carbonyl (C=O) groups excluding carboxylic acids is 2. The molecule has 0 amide bonds. The molecule has 0 aromatic heterocycles. The van der Waals surface area contributed by atoms with Crippen molar-refractivity contribution in [3.63, 3.8) is 0 Å². The van der Waals surface area contributed by atoms with Gasteiger partial charge in [0.2, 0.25) is 0 Å². The van der Waals surface area contributed by atoms with Crippen molar-refractivity contribution in [2.75, 3.05) is 6.61 Å². The molecule has 1 aliphatic rings. The van der Waals surface area contributed by atoms with Crippen LogP contribution in [0.3, 0.4) is 0 Å². The van der Waals surface area contributed by atoms with Gasteiger partial charge in [-0.15, -0.1) is 0 Å². The van der Waals surface area contributed by atoms with E-state index in [9.17, 15) is 22.8 Å². The number of benzene rings is 1. The monoisotopic (exact) mass is 312 g/mol. The van der Waals surface area contributed by atoms with Gasteiger partial charge in [0.15, 0.2) is 5.78 Å². The van der Waals surface area contributed by atoms with Crippen LogP contribution < -0.4 is 0 Å². The Bertz CT molecular complexity index is 590. The fourth-order valence-corrected chi connectivity index (χ4v) is 2.61. The fourth-order valence-electron chi connectivity index (χ4n) is 2.61. The molecule has 0 spiro atoms. The van der Waals surface area contributed by atoms with E-state index < -0.39 is 29.8 Å². The predicted molar refractivity (Wildman–Crippen MR) is 73.1 cm³/mol. The second kappa shape index (κ2) is 6.34. The molecule has 0 unspecified atom stereocenters. The van der Waals surface area contributed by atoms with Crippen LogP contribution in [0, 0.1) is 11.8 Å². The number of carbonyl (C=O) groups is 2. The van der Waals surface area contributed by atoms with Crippen LogP contribution >= 0.6 is 0 Å². The molecule has 2 rings (SSSR count). The summed E-state index contributed by atoms with van der Waals surface area (Å²) in [6.45, 7) is 1.53. The average Bonchev–Trinajstić information content (AvgIpc) is 2.92. The number of allylic oxidation sites excluding steroid dienone is 2. The number of hydrogen-bond donors (Lipinski definition) is 0. The van der Waals surface area contributed by atoms with Gasteiger partial charge < -0.3 is 4.74 Å². The molecule has 0 radical (unpaired) electrons. The van der Waals surface area contributed by atoms with Crippen molar-refractivity contribution >= 4 is 11.8 Å². The van der Waals surface area contributed by atoms with Gasteiger partial charge in [0.1, 0.15) is 0 Å². The lowest BCUT2D eigenvalue weighted by Gasteiger charge is -2.23. The minimum Gasteiger partial charge on any atom is -0.466 e. The van der Waals surface area contributed by atoms with E-state index in [1.54, 1.807) is 18.2 Å². The minimum absolute atomic E-state index is 0.00186. The fraction of sp³-hybridized carbons (Fsp3) is 0.375. The Balaban J connectivity index is 2.31. The molecule has 118 valence electrons. The number of ether oxygens (including phenoxy) is 1. The lowest BCUT2D eigenvalue weighted by Crippen LogP contribution is -2.36. The second-order valence-electron chi connectivity index (χ2n) is 4.97. The average molecular weight is 312 g/mol. The molecule has 0 aliphatic heterocycles. The normalized spacial score (nSPS) is 21.4. The molecule has 0 bridgehead atoms. The molecule has 2 atom stereocenters. The van der Waals surface area contributed by atoms with E-state index in [0.717, 1.165) is 0 Å². The van der Waals surface area contributed by atoms with Crippen molar-refractivity contribution in [1.82, 2.24) is 0 Å². The third-order valence-electron chi connectivity index (χ3n) is 3.57. The van der Waals surface area contributed by atoms with E-state index in [1.165, 1.54) is 25.1 Å². The molecule has 0 heterocycles. The van der Waals surface area contributed by atoms with E-state index in [0.29, 0.717) is 0 Å². The van der Waals surface area contributed by atoms with Gasteiger partial charge in [0.25, 0.3) is 0 Å². The van der Waals surface area contributed by atoms with Crippen LogP contribution in [-0.4, -0.2) is 24.5 Å². The highest BCUT2D eigenvalue weighted by atomic mass is 19.4. The van der Waals surface area contributed by atoms with Crippen LogP contribution in [0.2, 0.25) is 0 Å². The van der Waals surface area contributed by atoms with Crippen LogP contribution in [0.5, 0.6) is 0 Å². The third kappa shape index (κ3) is 3.21. The predicted octanol–water partition coefficient (Wildman–Crippen LogP) is 3.56. The summed E-state index contributed by atoms with van der Waals surface area (Å²) >= 11 is 0. The van der Waals surface area contributed by atoms with Crippen molar-refractivity contribution < 1.29 is 27.5 Å². The van der Waals surface area contributed by atoms with Gasteiger partial charge in [-0.2, -0.15) is 13.2 Å². The molecular formula is C16H15F3O3. The van der Waals surface area contributed by atoms with E-state index >= 15 is 0 Å². The maximum absolute atomic E-state index is 13.3. The number of alkyl halides is 3. The summed E-state index contributed by atoms with van der Waals surface area (Å²) in [7, 11) is 0. The highest BCUT2D eigenvalue weighted by Gasteiger charge is 2.53. The second-order valence-corrected chi connectivity index (χ2v) is 4.97. The largest absolute Gasteiger partial charge is 0.466 e. The van der Waals surface area contributed by atoms with Crippen molar-refractivity contribution in [2.45, 2.75) is 19.5 Å². The Morgan fingerprint density at radius 1 is 1.23 bits per heavy atom. The van der Waals surface area contributed by atoms with E-state index in [-0.39, 0.29) is 24.2 Å². The van der Waals surface area contributed by atoms with Gasteiger partial charge in [0.05, 0.1) is 18.4 Å². The first-order valence-corrected chi connectivity index (χ1v) is 6.89. The first-order chi connectivity index (χ1) is 10.4. The molecule has 22 heavy (non-hydrogen) atoms. The van der Waals surface area contributed by atoms with Gasteiger partial charge >= 0.3 is 12.1 Å². The quantitative estimate of drug-likeness (QED) is 0.631. The summed E-state index contributed by atoms with van der Waals surface area (Å²) in [5.74, 6) is -5.12. The topological polar surface area (TPSA) is 43.4 Å². The number of esters is 1. The molecule has 0 saturated carbocycles. The Morgan fingerprint density at radius 2 is 1.86 bits per heavy atom. The van der Waals surface area contributed by atoms with Gasteiger partial charge in [-0.25, -0.2) is 0 Å². The number of hydrogen-bond acceptors (Lipinski definition) is 3. The Morgan fingerprint density at radius 3 is 2.41 bits per heavy atom. The summed E-state index contributed by atoms with van der Waals surface area (Å²) in [6.07, 6.45) is -3.61. The van der Waals surface area contributed by atoms with E-state index in [1.807, 2.05) is 0 Å². The summed E-state index contributed by atoms with van der Waals surface area (Å²) < 4.78 is 44.7. The van der Waals surface area contributed by atoms with Crippen LogP contribution in [0.25, 0.3) is 0 Å². The number of Topliss-reactive ketones (excluding diaryl/α,β-unsaturated/α-hetero) is 1. The highest BCUT2D eigenvalue weighted by Crippen LogP contribution is 2.45. The molecule has 0 N–H and O–H groups in total. The first-order valence-electron chi connectivity index (χ1n) is 6.89. The van der Waals surface area contributed by atoms with Crippen LogP contribution in [0.1, 0.15) is 23.7 Å². The summed E-state index contributed by atoms with van der Waals surface area (Å²) in [6, 6.07) is 7.73. The lowest BCUT2D eigenvalue weighted by molar-refractivity contribution is -0.186. The maximum Gasteiger partial charge on any atom is 0.396 e. The molecular weight excluding hydrogens is 297 g/mol. The van der Waals surface area contributed by atoms with Crippen molar-refractivity contribution in [2.24, 2.45) is 11.8 Å². The highest BCUT2D eigenvalue weighted by molar-refractivity contribution is 6.09. The first kappa shape index (κ1) is 16.3. The van der Waals surface area contributed by atoms with Crippen molar-refractivity contribution in [3.05, 3.63) is 47.5 Å².